The molecule has 0 radical (unpaired) electrons. The highest BCUT2D eigenvalue weighted by Crippen LogP contribution is 2.41. The Balaban J connectivity index is 1.66. The molecule has 6 rings (SSSR count). The molecule has 0 bridgehead atoms. The van der Waals surface area contributed by atoms with E-state index in [1.54, 1.807) is 0 Å². The van der Waals surface area contributed by atoms with Crippen molar-refractivity contribution in [1.82, 2.24) is 4.57 Å². The van der Waals surface area contributed by atoms with E-state index < -0.39 is 0 Å². The number of allylic oxidation sites excluding steroid dienone is 2. The number of anilines is 2. The molecule has 0 atom stereocenters. The number of rotatable bonds is 8. The molecular weight excluding hydrogens is 514 g/mol. The minimum atomic E-state index is 0.212. The van der Waals surface area contributed by atoms with Crippen molar-refractivity contribution in [1.29, 1.82) is 0 Å². The fourth-order valence-electron chi connectivity index (χ4n) is 5.70. The van der Waals surface area contributed by atoms with Crippen molar-refractivity contribution in [2.45, 2.75) is 6.92 Å². The third-order valence-electron chi connectivity index (χ3n) is 7.68. The molecule has 42 heavy (non-hydrogen) atoms. The lowest BCUT2D eigenvalue weighted by atomic mass is 10.1. The number of para-hydroxylation sites is 1. The van der Waals surface area contributed by atoms with Crippen LogP contribution in [0.3, 0.4) is 0 Å². The summed E-state index contributed by atoms with van der Waals surface area (Å²) in [7, 11) is 0. The number of benzene rings is 5. The van der Waals surface area contributed by atoms with Gasteiger partial charge in [0.1, 0.15) is 0 Å². The molecule has 4 N–H and O–H groups in total. The van der Waals surface area contributed by atoms with Crippen LogP contribution in [0.5, 0.6) is 0 Å². The fourth-order valence-corrected chi connectivity index (χ4v) is 5.70. The fraction of sp³-hybridized carbons (Fsp3) is 0.0541. The summed E-state index contributed by atoms with van der Waals surface area (Å²) >= 11 is 0. The van der Waals surface area contributed by atoms with Gasteiger partial charge in [0.25, 0.3) is 0 Å². The molecule has 0 spiro atoms. The van der Waals surface area contributed by atoms with Crippen LogP contribution in [0, 0.1) is 0 Å². The average Bonchev–Trinajstić information content (AvgIpc) is 3.33. The van der Waals surface area contributed by atoms with Crippen LogP contribution in [-0.4, -0.2) is 17.8 Å². The number of aliphatic imine (C=N–C) groups is 1. The number of nitrogens with two attached hydrogens (primary N) is 2. The summed E-state index contributed by atoms with van der Waals surface area (Å²) in [6.45, 7) is 10.7. The summed E-state index contributed by atoms with van der Waals surface area (Å²) in [4.78, 5) is 6.41. The molecule has 0 aliphatic rings. The van der Waals surface area contributed by atoms with Crippen LogP contribution in [0.1, 0.15) is 12.6 Å². The Kier molecular flexibility index (Phi) is 7.17. The van der Waals surface area contributed by atoms with Crippen molar-refractivity contribution >= 4 is 56.2 Å². The number of hydrogen-bond donors (Lipinski definition) is 2. The molecule has 0 unspecified atom stereocenters. The zero-order valence-electron chi connectivity index (χ0n) is 23.7. The standard InChI is InChI=1S/C37H33N5/c1-4-11-35(33(24-38)40-3)41(30-20-18-26-12-5-7-14-28(26)22-30)25(2)37-36(39)32-16-9-10-17-34(32)42(37)31-21-19-27-13-6-8-15-29(27)23-31/h4-23H,2-3,24,38-39H2,1H3/b11-4-,35-33+. The zero-order valence-corrected chi connectivity index (χ0v) is 23.7. The summed E-state index contributed by atoms with van der Waals surface area (Å²) in [5.41, 5.74) is 19.7. The van der Waals surface area contributed by atoms with Gasteiger partial charge in [-0.25, -0.2) is 0 Å². The first kappa shape index (κ1) is 26.8. The summed E-state index contributed by atoms with van der Waals surface area (Å²) in [5.74, 6) is 0. The molecule has 0 fully saturated rings. The van der Waals surface area contributed by atoms with E-state index >= 15 is 0 Å². The zero-order chi connectivity index (χ0) is 29.2. The Morgan fingerprint density at radius 2 is 1.45 bits per heavy atom. The van der Waals surface area contributed by atoms with E-state index in [1.165, 1.54) is 5.39 Å². The van der Waals surface area contributed by atoms with Crippen molar-refractivity contribution < 1.29 is 0 Å². The van der Waals surface area contributed by atoms with Crippen LogP contribution in [-0.2, 0) is 0 Å². The molecule has 0 aliphatic heterocycles. The molecule has 1 aromatic heterocycles. The highest BCUT2D eigenvalue weighted by Gasteiger charge is 2.26. The summed E-state index contributed by atoms with van der Waals surface area (Å²) in [6.07, 6.45) is 3.97. The predicted molar refractivity (Wildman–Crippen MR) is 181 cm³/mol. The molecule has 0 saturated carbocycles. The predicted octanol–water partition coefficient (Wildman–Crippen LogP) is 8.44. The smallest absolute Gasteiger partial charge is 0.0936 e. The average molecular weight is 548 g/mol. The maximum Gasteiger partial charge on any atom is 0.0936 e. The Morgan fingerprint density at radius 3 is 2.12 bits per heavy atom. The van der Waals surface area contributed by atoms with Gasteiger partial charge in [0.2, 0.25) is 0 Å². The van der Waals surface area contributed by atoms with Crippen molar-refractivity contribution in [2.75, 3.05) is 17.2 Å². The van der Waals surface area contributed by atoms with Gasteiger partial charge in [-0.3, -0.25) is 4.99 Å². The molecule has 6 aromatic rings. The molecule has 5 aromatic carbocycles. The normalized spacial score (nSPS) is 12.2. The Hall–Kier alpha value is -5.39. The Labute approximate surface area is 246 Å². The van der Waals surface area contributed by atoms with Crippen molar-refractivity contribution in [3.8, 4) is 5.69 Å². The third-order valence-corrected chi connectivity index (χ3v) is 7.68. The number of nitrogen functional groups attached to an aromatic ring is 1. The van der Waals surface area contributed by atoms with Gasteiger partial charge < -0.3 is 20.9 Å². The largest absolute Gasteiger partial charge is 0.396 e. The van der Waals surface area contributed by atoms with Crippen LogP contribution < -0.4 is 16.4 Å². The Morgan fingerprint density at radius 1 is 0.833 bits per heavy atom. The second-order valence-electron chi connectivity index (χ2n) is 10.2. The van der Waals surface area contributed by atoms with Gasteiger partial charge in [-0.2, -0.15) is 0 Å². The summed E-state index contributed by atoms with van der Waals surface area (Å²) < 4.78 is 2.20. The Bertz CT molecular complexity index is 2040. The van der Waals surface area contributed by atoms with E-state index in [-0.39, 0.29) is 6.54 Å². The minimum absolute atomic E-state index is 0.212. The quantitative estimate of drug-likeness (QED) is 0.148. The van der Waals surface area contributed by atoms with E-state index in [4.69, 9.17) is 18.0 Å². The summed E-state index contributed by atoms with van der Waals surface area (Å²) in [5, 5.41) is 5.53. The molecule has 0 amide bonds. The van der Waals surface area contributed by atoms with Gasteiger partial charge in [-0.05, 0) is 71.6 Å². The van der Waals surface area contributed by atoms with Crippen molar-refractivity contribution in [3.05, 3.63) is 145 Å². The lowest BCUT2D eigenvalue weighted by Gasteiger charge is -2.30. The number of fused-ring (bicyclic) bond motifs is 3. The SMILES string of the molecule is C=N/C(CN)=C(\C=C/C)N(C(=C)c1c(N)c2ccccc2n1-c1ccc2ccccc2c1)c1ccc2ccccc2c1. The molecule has 206 valence electrons. The molecular formula is C37H33N5. The van der Waals surface area contributed by atoms with E-state index in [2.05, 4.69) is 106 Å². The van der Waals surface area contributed by atoms with Gasteiger partial charge in [-0.15, -0.1) is 0 Å². The van der Waals surface area contributed by atoms with Crippen LogP contribution in [0.15, 0.2) is 144 Å². The first-order valence-corrected chi connectivity index (χ1v) is 13.9. The minimum Gasteiger partial charge on any atom is -0.396 e. The van der Waals surface area contributed by atoms with Crippen LogP contribution >= 0.6 is 0 Å². The van der Waals surface area contributed by atoms with Crippen LogP contribution in [0.2, 0.25) is 0 Å². The van der Waals surface area contributed by atoms with E-state index in [0.717, 1.165) is 49.8 Å². The lowest BCUT2D eigenvalue weighted by molar-refractivity contribution is 1.03. The summed E-state index contributed by atoms with van der Waals surface area (Å²) in [6, 6.07) is 37.7. The first-order valence-electron chi connectivity index (χ1n) is 13.9. The number of aromatic nitrogens is 1. The highest BCUT2D eigenvalue weighted by atomic mass is 15.2. The molecule has 5 nitrogen and oxygen atoms in total. The molecule has 0 saturated heterocycles. The number of hydrogen-bond acceptors (Lipinski definition) is 4. The lowest BCUT2D eigenvalue weighted by Crippen LogP contribution is -2.24. The van der Waals surface area contributed by atoms with Crippen molar-refractivity contribution in [2.24, 2.45) is 10.7 Å². The highest BCUT2D eigenvalue weighted by molar-refractivity contribution is 6.03. The van der Waals surface area contributed by atoms with E-state index in [9.17, 15) is 0 Å². The monoisotopic (exact) mass is 547 g/mol. The van der Waals surface area contributed by atoms with Gasteiger partial charge in [0, 0.05) is 23.3 Å². The molecule has 5 heteroatoms. The third kappa shape index (κ3) is 4.56. The van der Waals surface area contributed by atoms with Gasteiger partial charge >= 0.3 is 0 Å². The molecule has 1 heterocycles. The van der Waals surface area contributed by atoms with Crippen LogP contribution in [0.25, 0.3) is 43.8 Å². The maximum absolute atomic E-state index is 7.01. The van der Waals surface area contributed by atoms with Crippen LogP contribution in [0.4, 0.5) is 11.4 Å². The van der Waals surface area contributed by atoms with E-state index in [0.29, 0.717) is 17.1 Å². The number of nitrogens with zero attached hydrogens (tertiary/aromatic N) is 3. The van der Waals surface area contributed by atoms with Gasteiger partial charge in [0.15, 0.2) is 0 Å². The second kappa shape index (κ2) is 11.2. The van der Waals surface area contributed by atoms with E-state index in [1.807, 2.05) is 43.3 Å². The first-order chi connectivity index (χ1) is 20.5. The van der Waals surface area contributed by atoms with Crippen molar-refractivity contribution in [3.63, 3.8) is 0 Å². The second-order valence-corrected chi connectivity index (χ2v) is 10.2. The topological polar surface area (TPSA) is 72.6 Å². The molecule has 0 aliphatic carbocycles. The maximum atomic E-state index is 7.01. The van der Waals surface area contributed by atoms with Gasteiger partial charge in [0.05, 0.1) is 34.0 Å². The van der Waals surface area contributed by atoms with Gasteiger partial charge in [-0.1, -0.05) is 91.5 Å².